The van der Waals surface area contributed by atoms with Crippen LogP contribution in [0.1, 0.15) is 39.0 Å². The van der Waals surface area contributed by atoms with Crippen molar-refractivity contribution in [2.24, 2.45) is 0 Å². The third-order valence-corrected chi connectivity index (χ3v) is 5.99. The fraction of sp³-hybridized carbons (Fsp3) is 0.786. The zero-order chi connectivity index (χ0) is 15.3. The molecule has 0 radical (unpaired) electrons. The first kappa shape index (κ1) is 16.5. The fourth-order valence-corrected chi connectivity index (χ4v) is 4.41. The van der Waals surface area contributed by atoms with Crippen LogP contribution in [0.5, 0.6) is 0 Å². The zero-order valence-corrected chi connectivity index (χ0v) is 13.8. The van der Waals surface area contributed by atoms with E-state index in [2.05, 4.69) is 10.4 Å². The minimum absolute atomic E-state index is 0.0742. The molecular formula is C14H26N4O2S. The molecule has 0 amide bonds. The van der Waals surface area contributed by atoms with Gasteiger partial charge in [0.05, 0.1) is 6.20 Å². The van der Waals surface area contributed by atoms with Gasteiger partial charge in [0.15, 0.2) is 0 Å². The SMILES string of the molecule is CNCCCn1cc(S(=O)(=O)N2CCCCCC2C)cn1. The molecule has 120 valence electrons. The molecule has 1 aliphatic rings. The second-order valence-corrected chi connectivity index (χ2v) is 7.60. The molecule has 0 spiro atoms. The van der Waals surface area contributed by atoms with E-state index in [9.17, 15) is 8.42 Å². The number of rotatable bonds is 6. The molecule has 0 aliphatic carbocycles. The van der Waals surface area contributed by atoms with Crippen LogP contribution in [0, 0.1) is 0 Å². The molecule has 1 unspecified atom stereocenters. The summed E-state index contributed by atoms with van der Waals surface area (Å²) in [7, 11) is -1.51. The maximum atomic E-state index is 12.8. The topological polar surface area (TPSA) is 67.2 Å². The summed E-state index contributed by atoms with van der Waals surface area (Å²) in [6.45, 7) is 4.24. The van der Waals surface area contributed by atoms with E-state index in [1.807, 2.05) is 14.0 Å². The van der Waals surface area contributed by atoms with E-state index in [1.54, 1.807) is 15.2 Å². The van der Waals surface area contributed by atoms with Crippen LogP contribution in [0.15, 0.2) is 17.3 Å². The molecule has 0 saturated carbocycles. The van der Waals surface area contributed by atoms with E-state index >= 15 is 0 Å². The minimum Gasteiger partial charge on any atom is -0.320 e. The molecule has 6 nitrogen and oxygen atoms in total. The highest BCUT2D eigenvalue weighted by Crippen LogP contribution is 2.24. The summed E-state index contributed by atoms with van der Waals surface area (Å²) in [5.74, 6) is 0. The number of hydrogen-bond acceptors (Lipinski definition) is 4. The number of sulfonamides is 1. The second-order valence-electron chi connectivity index (χ2n) is 5.71. The molecule has 1 aromatic heterocycles. The first-order valence-corrected chi connectivity index (χ1v) is 9.18. The van der Waals surface area contributed by atoms with Crippen LogP contribution in [0.2, 0.25) is 0 Å². The lowest BCUT2D eigenvalue weighted by Gasteiger charge is -2.25. The predicted molar refractivity (Wildman–Crippen MR) is 82.6 cm³/mol. The van der Waals surface area contributed by atoms with E-state index in [4.69, 9.17) is 0 Å². The summed E-state index contributed by atoms with van der Waals surface area (Å²) >= 11 is 0. The Morgan fingerprint density at radius 3 is 2.95 bits per heavy atom. The summed E-state index contributed by atoms with van der Waals surface area (Å²) in [4.78, 5) is 0.320. The third-order valence-electron chi connectivity index (χ3n) is 4.02. The Balaban J connectivity index is 2.11. The third kappa shape index (κ3) is 4.05. The van der Waals surface area contributed by atoms with Gasteiger partial charge in [-0.2, -0.15) is 9.40 Å². The van der Waals surface area contributed by atoms with Gasteiger partial charge in [-0.05, 0) is 39.8 Å². The molecule has 1 aromatic rings. The van der Waals surface area contributed by atoms with Gasteiger partial charge in [-0.25, -0.2) is 8.42 Å². The maximum absolute atomic E-state index is 12.8. The summed E-state index contributed by atoms with van der Waals surface area (Å²) in [5, 5.41) is 7.25. The van der Waals surface area contributed by atoms with Gasteiger partial charge in [-0.3, -0.25) is 4.68 Å². The van der Waals surface area contributed by atoms with Gasteiger partial charge in [-0.15, -0.1) is 0 Å². The standard InChI is InChI=1S/C14H26N4O2S/c1-13-7-4-3-5-10-18(13)21(19,20)14-11-16-17(12-14)9-6-8-15-2/h11-13,15H,3-10H2,1-2H3. The Morgan fingerprint density at radius 2 is 2.19 bits per heavy atom. The summed E-state index contributed by atoms with van der Waals surface area (Å²) in [6.07, 6.45) is 8.16. The van der Waals surface area contributed by atoms with Crippen LogP contribution in [0.3, 0.4) is 0 Å². The van der Waals surface area contributed by atoms with Crippen molar-refractivity contribution < 1.29 is 8.42 Å². The van der Waals surface area contributed by atoms with Crippen molar-refractivity contribution in [3.63, 3.8) is 0 Å². The van der Waals surface area contributed by atoms with Gasteiger partial charge in [0.2, 0.25) is 10.0 Å². The van der Waals surface area contributed by atoms with Crippen molar-refractivity contribution in [1.82, 2.24) is 19.4 Å². The highest BCUT2D eigenvalue weighted by molar-refractivity contribution is 7.89. The highest BCUT2D eigenvalue weighted by Gasteiger charge is 2.30. The second kappa shape index (κ2) is 7.38. The zero-order valence-electron chi connectivity index (χ0n) is 13.0. The van der Waals surface area contributed by atoms with E-state index in [0.29, 0.717) is 11.4 Å². The summed E-state index contributed by atoms with van der Waals surface area (Å²) in [6, 6.07) is 0.0742. The molecule has 1 aliphatic heterocycles. The Labute approximate surface area is 127 Å². The molecule has 1 saturated heterocycles. The predicted octanol–water partition coefficient (Wildman–Crippen LogP) is 1.45. The largest absolute Gasteiger partial charge is 0.320 e. The number of nitrogens with zero attached hydrogens (tertiary/aromatic N) is 3. The lowest BCUT2D eigenvalue weighted by atomic mass is 10.1. The van der Waals surface area contributed by atoms with Crippen LogP contribution in [0.25, 0.3) is 0 Å². The van der Waals surface area contributed by atoms with Gasteiger partial charge < -0.3 is 5.32 Å². The number of nitrogens with one attached hydrogen (secondary N) is 1. The van der Waals surface area contributed by atoms with Crippen molar-refractivity contribution in [2.75, 3.05) is 20.1 Å². The van der Waals surface area contributed by atoms with Gasteiger partial charge in [0.25, 0.3) is 0 Å². The minimum atomic E-state index is -3.41. The molecule has 1 N–H and O–H groups in total. The van der Waals surface area contributed by atoms with Crippen LogP contribution in [-0.2, 0) is 16.6 Å². The molecule has 0 aromatic carbocycles. The number of aryl methyl sites for hydroxylation is 1. The Kier molecular flexibility index (Phi) is 5.78. The number of hydrogen-bond donors (Lipinski definition) is 1. The van der Waals surface area contributed by atoms with Crippen molar-refractivity contribution in [1.29, 1.82) is 0 Å². The van der Waals surface area contributed by atoms with E-state index in [0.717, 1.165) is 45.2 Å². The van der Waals surface area contributed by atoms with Crippen molar-refractivity contribution in [3.05, 3.63) is 12.4 Å². The molecule has 2 rings (SSSR count). The molecule has 2 heterocycles. The van der Waals surface area contributed by atoms with Gasteiger partial charge in [0.1, 0.15) is 4.90 Å². The lowest BCUT2D eigenvalue weighted by molar-refractivity contribution is 0.342. The monoisotopic (exact) mass is 314 g/mol. The first-order valence-electron chi connectivity index (χ1n) is 7.74. The van der Waals surface area contributed by atoms with E-state index < -0.39 is 10.0 Å². The Morgan fingerprint density at radius 1 is 1.38 bits per heavy atom. The quantitative estimate of drug-likeness (QED) is 0.807. The van der Waals surface area contributed by atoms with Crippen LogP contribution in [-0.4, -0.2) is 48.7 Å². The van der Waals surface area contributed by atoms with E-state index in [-0.39, 0.29) is 6.04 Å². The first-order chi connectivity index (χ1) is 10.1. The van der Waals surface area contributed by atoms with Crippen molar-refractivity contribution >= 4 is 10.0 Å². The molecule has 0 bridgehead atoms. The smallest absolute Gasteiger partial charge is 0.246 e. The van der Waals surface area contributed by atoms with Crippen molar-refractivity contribution in [2.45, 2.75) is 56.5 Å². The summed E-state index contributed by atoms with van der Waals surface area (Å²) < 4.78 is 28.9. The average molecular weight is 314 g/mol. The van der Waals surface area contributed by atoms with Gasteiger partial charge in [0, 0.05) is 25.3 Å². The van der Waals surface area contributed by atoms with Crippen molar-refractivity contribution in [3.8, 4) is 0 Å². The normalized spacial score (nSPS) is 21.3. The van der Waals surface area contributed by atoms with Crippen LogP contribution in [0.4, 0.5) is 0 Å². The molecule has 1 fully saturated rings. The lowest BCUT2D eigenvalue weighted by Crippen LogP contribution is -2.38. The average Bonchev–Trinajstić information content (AvgIpc) is 2.82. The fourth-order valence-electron chi connectivity index (χ4n) is 2.76. The van der Waals surface area contributed by atoms with Crippen LogP contribution < -0.4 is 5.32 Å². The highest BCUT2D eigenvalue weighted by atomic mass is 32.2. The molecule has 1 atom stereocenters. The molecule has 7 heteroatoms. The molecular weight excluding hydrogens is 288 g/mol. The number of aromatic nitrogens is 2. The van der Waals surface area contributed by atoms with Gasteiger partial charge >= 0.3 is 0 Å². The Hall–Kier alpha value is -0.920. The molecule has 21 heavy (non-hydrogen) atoms. The van der Waals surface area contributed by atoms with Crippen LogP contribution >= 0.6 is 0 Å². The Bertz CT molecular complexity index is 541. The van der Waals surface area contributed by atoms with Gasteiger partial charge in [-0.1, -0.05) is 12.8 Å². The maximum Gasteiger partial charge on any atom is 0.246 e. The summed E-state index contributed by atoms with van der Waals surface area (Å²) in [5.41, 5.74) is 0. The van der Waals surface area contributed by atoms with E-state index in [1.165, 1.54) is 6.20 Å².